The standard InChI is InChI=1S/C23H25N9O3S/c1-12-15(8-25-18-11-36(34,35)30-22(12)18)17-5-13-6-19(26-9-16(13)23(24)27-17)28-20-7-14-3-4-31(2)21(33)10-32(14)29-20/h5-9,30,34-35H,3-4,10-11H2,1-2H3,(H2,24,27)(H,26,28,29). The lowest BCUT2D eigenvalue weighted by Crippen LogP contribution is -2.29. The van der Waals surface area contributed by atoms with E-state index in [1.165, 1.54) is 0 Å². The average Bonchev–Trinajstić information content (AvgIpc) is 3.32. The van der Waals surface area contributed by atoms with Crippen molar-refractivity contribution in [1.29, 1.82) is 0 Å². The molecule has 2 aliphatic heterocycles. The minimum atomic E-state index is -2.92. The first-order valence-electron chi connectivity index (χ1n) is 11.3. The molecule has 0 saturated heterocycles. The summed E-state index contributed by atoms with van der Waals surface area (Å²) in [5.74, 6) is 1.63. The van der Waals surface area contributed by atoms with Gasteiger partial charge < -0.3 is 16.0 Å². The zero-order valence-corrected chi connectivity index (χ0v) is 20.5. The number of nitrogens with one attached hydrogen (secondary N) is 2. The van der Waals surface area contributed by atoms with Crippen LogP contribution in [0.15, 0.2) is 30.6 Å². The molecular weight excluding hydrogens is 482 g/mol. The minimum absolute atomic E-state index is 0.0272. The molecule has 6 heterocycles. The Kier molecular flexibility index (Phi) is 5.03. The molecule has 0 radical (unpaired) electrons. The number of nitrogens with zero attached hydrogens (tertiary/aromatic N) is 6. The van der Waals surface area contributed by atoms with Crippen molar-refractivity contribution in [2.24, 2.45) is 0 Å². The molecule has 0 aromatic carbocycles. The van der Waals surface area contributed by atoms with E-state index >= 15 is 0 Å². The summed E-state index contributed by atoms with van der Waals surface area (Å²) in [5, 5.41) is 9.30. The Bertz CT molecular complexity index is 1550. The largest absolute Gasteiger partial charge is 0.383 e. The van der Waals surface area contributed by atoms with Gasteiger partial charge in [0.25, 0.3) is 0 Å². The summed E-state index contributed by atoms with van der Waals surface area (Å²) in [6.45, 7) is 2.75. The first-order valence-corrected chi connectivity index (χ1v) is 13.0. The molecule has 0 bridgehead atoms. The average molecular weight is 508 g/mol. The smallest absolute Gasteiger partial charge is 0.244 e. The molecule has 6 N–H and O–H groups in total. The maximum absolute atomic E-state index is 12.2. The summed E-state index contributed by atoms with van der Waals surface area (Å²) in [6.07, 6.45) is 4.07. The number of anilines is 4. The molecule has 0 saturated carbocycles. The van der Waals surface area contributed by atoms with Crippen LogP contribution in [0.3, 0.4) is 0 Å². The summed E-state index contributed by atoms with van der Waals surface area (Å²) in [5.41, 5.74) is 10.7. The van der Waals surface area contributed by atoms with Gasteiger partial charge in [0, 0.05) is 55.1 Å². The highest BCUT2D eigenvalue weighted by atomic mass is 32.3. The molecule has 4 aromatic heterocycles. The van der Waals surface area contributed by atoms with Crippen LogP contribution in [0, 0.1) is 6.92 Å². The summed E-state index contributed by atoms with van der Waals surface area (Å²) < 4.78 is 24.6. The van der Waals surface area contributed by atoms with Crippen LogP contribution in [0.25, 0.3) is 22.0 Å². The lowest BCUT2D eigenvalue weighted by molar-refractivity contribution is -0.130. The summed E-state index contributed by atoms with van der Waals surface area (Å²) in [6, 6.07) is 5.70. The monoisotopic (exact) mass is 507 g/mol. The van der Waals surface area contributed by atoms with Gasteiger partial charge in [0.1, 0.15) is 23.9 Å². The second-order valence-electron chi connectivity index (χ2n) is 9.08. The second kappa shape index (κ2) is 8.05. The van der Waals surface area contributed by atoms with E-state index in [9.17, 15) is 13.9 Å². The molecule has 0 unspecified atom stereocenters. The van der Waals surface area contributed by atoms with Crippen LogP contribution in [-0.4, -0.2) is 58.2 Å². The molecule has 0 atom stereocenters. The van der Waals surface area contributed by atoms with E-state index in [0.717, 1.165) is 28.6 Å². The van der Waals surface area contributed by atoms with Crippen LogP contribution < -0.4 is 15.8 Å². The van der Waals surface area contributed by atoms with E-state index in [-0.39, 0.29) is 18.2 Å². The quantitative estimate of drug-likeness (QED) is 0.278. The fourth-order valence-corrected chi connectivity index (χ4v) is 5.84. The molecule has 186 valence electrons. The van der Waals surface area contributed by atoms with E-state index in [1.807, 2.05) is 25.1 Å². The predicted octanol–water partition coefficient (Wildman–Crippen LogP) is 3.13. The first kappa shape index (κ1) is 22.5. The Morgan fingerprint density at radius 1 is 1.17 bits per heavy atom. The number of amides is 1. The van der Waals surface area contributed by atoms with E-state index < -0.39 is 10.8 Å². The normalized spacial score (nSPS) is 17.3. The molecule has 4 aromatic rings. The lowest BCUT2D eigenvalue weighted by Gasteiger charge is -2.26. The fraction of sp³-hybridized carbons (Fsp3) is 0.261. The number of carbonyl (C=O) groups excluding carboxylic acids is 1. The highest BCUT2D eigenvalue weighted by molar-refractivity contribution is 8.25. The van der Waals surface area contributed by atoms with Crippen LogP contribution in [0.4, 0.5) is 23.1 Å². The van der Waals surface area contributed by atoms with Crippen molar-refractivity contribution in [2.45, 2.75) is 25.6 Å². The Morgan fingerprint density at radius 3 is 2.83 bits per heavy atom. The van der Waals surface area contributed by atoms with Gasteiger partial charge in [0.2, 0.25) is 5.91 Å². The van der Waals surface area contributed by atoms with Crippen molar-refractivity contribution in [1.82, 2.24) is 29.6 Å². The molecular formula is C23H25N9O3S. The molecule has 0 spiro atoms. The van der Waals surface area contributed by atoms with E-state index in [1.54, 1.807) is 29.0 Å². The summed E-state index contributed by atoms with van der Waals surface area (Å²) in [4.78, 5) is 27.3. The number of carbonyl (C=O) groups is 1. The van der Waals surface area contributed by atoms with Gasteiger partial charge in [0.05, 0.1) is 17.1 Å². The van der Waals surface area contributed by atoms with Crippen LogP contribution in [0.1, 0.15) is 17.0 Å². The zero-order chi connectivity index (χ0) is 25.2. The van der Waals surface area contributed by atoms with E-state index in [2.05, 4.69) is 30.1 Å². The van der Waals surface area contributed by atoms with Crippen molar-refractivity contribution >= 4 is 50.6 Å². The molecule has 36 heavy (non-hydrogen) atoms. The van der Waals surface area contributed by atoms with E-state index in [4.69, 9.17) is 5.73 Å². The van der Waals surface area contributed by atoms with Gasteiger partial charge in [-0.25, -0.2) is 9.97 Å². The molecule has 2 aliphatic rings. The van der Waals surface area contributed by atoms with Crippen LogP contribution in [-0.2, 0) is 23.5 Å². The Labute approximate surface area is 208 Å². The number of rotatable bonds is 3. The third-order valence-corrected chi connectivity index (χ3v) is 7.78. The minimum Gasteiger partial charge on any atom is -0.383 e. The second-order valence-corrected chi connectivity index (χ2v) is 10.9. The fourth-order valence-electron chi connectivity index (χ4n) is 4.57. The predicted molar refractivity (Wildman–Crippen MR) is 139 cm³/mol. The molecule has 0 aliphatic carbocycles. The highest BCUT2D eigenvalue weighted by Crippen LogP contribution is 2.52. The topological polar surface area (TPSA) is 167 Å². The maximum atomic E-state index is 12.2. The molecule has 13 heteroatoms. The Balaban J connectivity index is 1.33. The van der Waals surface area contributed by atoms with E-state index in [0.29, 0.717) is 46.5 Å². The number of nitrogens with two attached hydrogens (primary N) is 1. The van der Waals surface area contributed by atoms with Crippen molar-refractivity contribution in [2.75, 3.05) is 29.4 Å². The molecule has 12 nitrogen and oxygen atoms in total. The van der Waals surface area contributed by atoms with Crippen LogP contribution >= 0.6 is 10.8 Å². The number of aromatic nitrogens is 5. The van der Waals surface area contributed by atoms with Gasteiger partial charge in [-0.1, -0.05) is 0 Å². The van der Waals surface area contributed by atoms with Crippen molar-refractivity contribution in [3.8, 4) is 11.3 Å². The Morgan fingerprint density at radius 2 is 2.00 bits per heavy atom. The van der Waals surface area contributed by atoms with Crippen molar-refractivity contribution < 1.29 is 13.9 Å². The number of likely N-dealkylation sites (N-methyl/N-ethyl adjacent to an activating group) is 1. The van der Waals surface area contributed by atoms with Crippen molar-refractivity contribution in [3.05, 3.63) is 47.5 Å². The lowest BCUT2D eigenvalue weighted by atomic mass is 10.0. The first-order chi connectivity index (χ1) is 17.2. The third-order valence-electron chi connectivity index (χ3n) is 6.58. The van der Waals surface area contributed by atoms with Gasteiger partial charge >= 0.3 is 0 Å². The van der Waals surface area contributed by atoms with Gasteiger partial charge in [-0.2, -0.15) is 5.10 Å². The number of hydrogen-bond donors (Lipinski definition) is 5. The van der Waals surface area contributed by atoms with Gasteiger partial charge in [-0.3, -0.25) is 28.3 Å². The number of hydrogen-bond acceptors (Lipinski definition) is 10. The summed E-state index contributed by atoms with van der Waals surface area (Å²) in [7, 11) is -1.12. The molecule has 0 fully saturated rings. The SMILES string of the molecule is Cc1c(-c2cc3cc(Nc4cc5n(n4)CC(=O)N(C)CC5)ncc3c(N)n2)cnc2c1NS(O)(O)C2. The summed E-state index contributed by atoms with van der Waals surface area (Å²) >= 11 is 0. The molecule has 1 amide bonds. The maximum Gasteiger partial charge on any atom is 0.244 e. The molecule has 6 rings (SSSR count). The van der Waals surface area contributed by atoms with Gasteiger partial charge in [0.15, 0.2) is 5.82 Å². The number of fused-ring (bicyclic) bond motifs is 3. The van der Waals surface area contributed by atoms with Gasteiger partial charge in [-0.05, 0) is 30.0 Å². The van der Waals surface area contributed by atoms with Crippen LogP contribution in [0.5, 0.6) is 0 Å². The Hall–Kier alpha value is -3.94. The van der Waals surface area contributed by atoms with Crippen LogP contribution in [0.2, 0.25) is 0 Å². The third kappa shape index (κ3) is 3.86. The number of pyridine rings is 3. The number of nitrogen functional groups attached to an aromatic ring is 1. The van der Waals surface area contributed by atoms with Gasteiger partial charge in [-0.15, -0.1) is 10.8 Å². The highest BCUT2D eigenvalue weighted by Gasteiger charge is 2.28. The zero-order valence-electron chi connectivity index (χ0n) is 19.7. The van der Waals surface area contributed by atoms with Crippen molar-refractivity contribution in [3.63, 3.8) is 0 Å².